The Hall–Kier alpha value is -1.51. The summed E-state index contributed by atoms with van der Waals surface area (Å²) in [7, 11) is -3.81. The van der Waals surface area contributed by atoms with E-state index in [-0.39, 0.29) is 16.5 Å². The summed E-state index contributed by atoms with van der Waals surface area (Å²) in [6.07, 6.45) is 0. The normalized spacial score (nSPS) is 17.6. The second kappa shape index (κ2) is 4.06. The molecule has 6 heteroatoms. The fourth-order valence-corrected chi connectivity index (χ4v) is 3.72. The van der Waals surface area contributed by atoms with E-state index in [0.717, 1.165) is 0 Å². The molecule has 0 spiro atoms. The van der Waals surface area contributed by atoms with E-state index < -0.39 is 10.0 Å². The van der Waals surface area contributed by atoms with Crippen molar-refractivity contribution in [2.45, 2.75) is 6.92 Å². The molecule has 0 fully saturated rings. The van der Waals surface area contributed by atoms with Gasteiger partial charge in [0.1, 0.15) is 6.07 Å². The van der Waals surface area contributed by atoms with E-state index in [0.29, 0.717) is 11.3 Å². The zero-order chi connectivity index (χ0) is 12.6. The molecule has 17 heavy (non-hydrogen) atoms. The van der Waals surface area contributed by atoms with Gasteiger partial charge in [-0.1, -0.05) is 29.8 Å². The van der Waals surface area contributed by atoms with Gasteiger partial charge in [-0.3, -0.25) is 4.31 Å². The van der Waals surface area contributed by atoms with Gasteiger partial charge < -0.3 is 0 Å². The number of halogens is 1. The Morgan fingerprint density at radius 3 is 2.65 bits per heavy atom. The van der Waals surface area contributed by atoms with E-state index in [1.54, 1.807) is 37.3 Å². The lowest BCUT2D eigenvalue weighted by molar-refractivity contribution is 0.598. The number of rotatable bonds is 1. The van der Waals surface area contributed by atoms with Gasteiger partial charge in [-0.2, -0.15) is 5.26 Å². The third-order valence-electron chi connectivity index (χ3n) is 2.55. The first kappa shape index (κ1) is 12.0. The number of fused-ring (bicyclic) bond motifs is 1. The van der Waals surface area contributed by atoms with Gasteiger partial charge in [-0.15, -0.1) is 0 Å². The summed E-state index contributed by atoms with van der Waals surface area (Å²) in [4.78, 5) is -0.389. The van der Waals surface area contributed by atoms with Gasteiger partial charge in [0, 0.05) is 12.1 Å². The number of para-hydroxylation sites is 1. The van der Waals surface area contributed by atoms with Crippen molar-refractivity contribution in [2.75, 3.05) is 10.8 Å². The Bertz CT molecular complexity index is 644. The Morgan fingerprint density at radius 2 is 2.06 bits per heavy atom. The first-order valence-electron chi connectivity index (χ1n) is 4.96. The van der Waals surface area contributed by atoms with Crippen molar-refractivity contribution < 1.29 is 8.42 Å². The summed E-state index contributed by atoms with van der Waals surface area (Å²) < 4.78 is 25.4. The molecule has 0 aliphatic carbocycles. The minimum atomic E-state index is -3.81. The van der Waals surface area contributed by atoms with Crippen LogP contribution in [0.1, 0.15) is 12.5 Å². The molecule has 1 aromatic rings. The third-order valence-corrected chi connectivity index (χ3v) is 4.90. The molecule has 0 N–H and O–H groups in total. The molecular weight excluding hydrogens is 260 g/mol. The SMILES string of the molecule is CCN1c2ccccc2C(Cl)=C(C#N)S1(=O)=O. The van der Waals surface area contributed by atoms with Crippen molar-refractivity contribution >= 4 is 32.3 Å². The Kier molecular flexibility index (Phi) is 2.86. The zero-order valence-corrected chi connectivity index (χ0v) is 10.6. The van der Waals surface area contributed by atoms with E-state index >= 15 is 0 Å². The smallest absolute Gasteiger partial charge is 0.265 e. The van der Waals surface area contributed by atoms with Crippen molar-refractivity contribution in [3.63, 3.8) is 0 Å². The first-order chi connectivity index (χ1) is 8.04. The molecule has 1 aliphatic rings. The van der Waals surface area contributed by atoms with Crippen LogP contribution < -0.4 is 4.31 Å². The van der Waals surface area contributed by atoms with E-state index in [2.05, 4.69) is 0 Å². The van der Waals surface area contributed by atoms with Gasteiger partial charge in [0.05, 0.1) is 10.7 Å². The highest BCUT2D eigenvalue weighted by Gasteiger charge is 2.35. The minimum Gasteiger partial charge on any atom is -0.265 e. The highest BCUT2D eigenvalue weighted by molar-refractivity contribution is 7.97. The molecule has 1 aromatic carbocycles. The van der Waals surface area contributed by atoms with Gasteiger partial charge in [-0.25, -0.2) is 8.42 Å². The topological polar surface area (TPSA) is 61.2 Å². The lowest BCUT2D eigenvalue weighted by atomic mass is 10.1. The van der Waals surface area contributed by atoms with Crippen LogP contribution in [0.15, 0.2) is 29.2 Å². The van der Waals surface area contributed by atoms with Crippen molar-refractivity contribution in [3.05, 3.63) is 34.7 Å². The minimum absolute atomic E-state index is 0.00667. The largest absolute Gasteiger partial charge is 0.276 e. The summed E-state index contributed by atoms with van der Waals surface area (Å²) in [5, 5.41) is 8.93. The summed E-state index contributed by atoms with van der Waals surface area (Å²) in [6.45, 7) is 1.97. The molecule has 88 valence electrons. The number of sulfonamides is 1. The van der Waals surface area contributed by atoms with Crippen LogP contribution in [0.3, 0.4) is 0 Å². The van der Waals surface area contributed by atoms with Gasteiger partial charge in [0.2, 0.25) is 0 Å². The lowest BCUT2D eigenvalue weighted by Gasteiger charge is -2.28. The fourth-order valence-electron chi connectivity index (χ4n) is 1.80. The molecule has 0 bridgehead atoms. The van der Waals surface area contributed by atoms with Crippen LogP contribution in [0.4, 0.5) is 5.69 Å². The Morgan fingerprint density at radius 1 is 1.41 bits per heavy atom. The number of anilines is 1. The molecule has 0 saturated heterocycles. The molecule has 2 rings (SSSR count). The van der Waals surface area contributed by atoms with E-state index in [4.69, 9.17) is 16.9 Å². The monoisotopic (exact) mass is 268 g/mol. The predicted molar refractivity (Wildman–Crippen MR) is 66.8 cm³/mol. The average Bonchev–Trinajstić information content (AvgIpc) is 2.29. The maximum Gasteiger partial charge on any atom is 0.276 e. The molecule has 0 aromatic heterocycles. The highest BCUT2D eigenvalue weighted by Crippen LogP contribution is 2.40. The maximum atomic E-state index is 12.1. The third kappa shape index (κ3) is 1.61. The molecule has 0 saturated carbocycles. The zero-order valence-electron chi connectivity index (χ0n) is 9.01. The summed E-state index contributed by atoms with van der Waals surface area (Å²) >= 11 is 5.97. The van der Waals surface area contributed by atoms with Crippen LogP contribution >= 0.6 is 11.6 Å². The summed E-state index contributed by atoms with van der Waals surface area (Å²) in [5.41, 5.74) is 1.08. The van der Waals surface area contributed by atoms with Crippen LogP contribution in [0, 0.1) is 11.3 Å². The van der Waals surface area contributed by atoms with Gasteiger partial charge in [-0.05, 0) is 13.0 Å². The molecule has 0 amide bonds. The van der Waals surface area contributed by atoms with Gasteiger partial charge >= 0.3 is 0 Å². The van der Waals surface area contributed by atoms with Crippen LogP contribution in [0.5, 0.6) is 0 Å². The fraction of sp³-hybridized carbons (Fsp3) is 0.182. The van der Waals surface area contributed by atoms with Crippen LogP contribution in [-0.4, -0.2) is 15.0 Å². The van der Waals surface area contributed by atoms with Gasteiger partial charge in [0.25, 0.3) is 10.0 Å². The lowest BCUT2D eigenvalue weighted by Crippen LogP contribution is -2.34. The van der Waals surface area contributed by atoms with Crippen molar-refractivity contribution in [2.24, 2.45) is 0 Å². The Labute approximate surface area is 105 Å². The molecule has 1 aliphatic heterocycles. The summed E-state index contributed by atoms with van der Waals surface area (Å²) in [6, 6.07) is 8.53. The van der Waals surface area contributed by atoms with Crippen molar-refractivity contribution in [3.8, 4) is 6.07 Å². The Balaban J connectivity index is 2.86. The molecular formula is C11H9ClN2O2S. The second-order valence-electron chi connectivity index (χ2n) is 3.44. The first-order valence-corrected chi connectivity index (χ1v) is 6.77. The van der Waals surface area contributed by atoms with Gasteiger partial charge in [0.15, 0.2) is 4.91 Å². The van der Waals surface area contributed by atoms with Crippen LogP contribution in [0.2, 0.25) is 0 Å². The standard InChI is InChI=1S/C11H9ClN2O2S/c1-2-14-9-6-4-3-5-8(9)11(12)10(7-13)17(14,15)16/h3-6H,2H2,1H3. The van der Waals surface area contributed by atoms with Crippen LogP contribution in [0.25, 0.3) is 5.03 Å². The number of hydrogen-bond acceptors (Lipinski definition) is 3. The van der Waals surface area contributed by atoms with Crippen molar-refractivity contribution in [1.29, 1.82) is 5.26 Å². The quantitative estimate of drug-likeness (QED) is 0.785. The number of nitriles is 1. The molecule has 0 atom stereocenters. The maximum absolute atomic E-state index is 12.1. The average molecular weight is 269 g/mol. The number of hydrogen-bond donors (Lipinski definition) is 0. The molecule has 4 nitrogen and oxygen atoms in total. The number of benzene rings is 1. The second-order valence-corrected chi connectivity index (χ2v) is 5.62. The number of allylic oxidation sites excluding steroid dienone is 1. The van der Waals surface area contributed by atoms with E-state index in [1.807, 2.05) is 0 Å². The molecule has 0 unspecified atom stereocenters. The van der Waals surface area contributed by atoms with E-state index in [1.165, 1.54) is 4.31 Å². The number of nitrogens with zero attached hydrogens (tertiary/aromatic N) is 2. The summed E-state index contributed by atoms with van der Waals surface area (Å²) in [5.74, 6) is 0. The van der Waals surface area contributed by atoms with Crippen LogP contribution in [-0.2, 0) is 10.0 Å². The van der Waals surface area contributed by atoms with E-state index in [9.17, 15) is 8.42 Å². The molecule has 0 radical (unpaired) electrons. The van der Waals surface area contributed by atoms with Crippen molar-refractivity contribution in [1.82, 2.24) is 0 Å². The molecule has 1 heterocycles. The highest BCUT2D eigenvalue weighted by atomic mass is 35.5. The predicted octanol–water partition coefficient (Wildman–Crippen LogP) is 2.29.